The lowest BCUT2D eigenvalue weighted by Crippen LogP contribution is -2.40. The summed E-state index contributed by atoms with van der Waals surface area (Å²) in [7, 11) is 0. The van der Waals surface area contributed by atoms with Crippen molar-refractivity contribution in [1.29, 1.82) is 0 Å². The lowest BCUT2D eigenvalue weighted by molar-refractivity contribution is -0.208. The summed E-state index contributed by atoms with van der Waals surface area (Å²) in [6.07, 6.45) is 6.07. The summed E-state index contributed by atoms with van der Waals surface area (Å²) < 4.78 is 11.2. The third-order valence-electron chi connectivity index (χ3n) is 8.72. The van der Waals surface area contributed by atoms with E-state index < -0.39 is 11.9 Å². The van der Waals surface area contributed by atoms with Crippen LogP contribution in [-0.4, -0.2) is 85.6 Å². The fourth-order valence-electron chi connectivity index (χ4n) is 5.93. The van der Waals surface area contributed by atoms with Gasteiger partial charge in [0, 0.05) is 42.9 Å². The molecule has 262 valence electrons. The molecule has 13 heteroatoms. The summed E-state index contributed by atoms with van der Waals surface area (Å²) in [5, 5.41) is 25.4. The predicted molar refractivity (Wildman–Crippen MR) is 183 cm³/mol. The summed E-state index contributed by atoms with van der Waals surface area (Å²) in [6.45, 7) is 4.75. The van der Waals surface area contributed by atoms with Crippen molar-refractivity contribution in [2.24, 2.45) is 0 Å². The lowest BCUT2D eigenvalue weighted by atomic mass is 10.1. The van der Waals surface area contributed by atoms with Crippen molar-refractivity contribution in [3.8, 4) is 57.2 Å². The molecule has 0 aliphatic carbocycles. The van der Waals surface area contributed by atoms with E-state index in [9.17, 15) is 19.8 Å². The first-order valence-corrected chi connectivity index (χ1v) is 16.9. The molecule has 13 nitrogen and oxygen atoms in total. The minimum Gasteiger partial charge on any atom is -0.507 e. The first-order chi connectivity index (χ1) is 24.2. The van der Waals surface area contributed by atoms with Crippen molar-refractivity contribution in [2.75, 3.05) is 26.3 Å². The molecular weight excluding hydrogens is 642 g/mol. The van der Waals surface area contributed by atoms with E-state index in [-0.39, 0.29) is 71.1 Å². The van der Waals surface area contributed by atoms with Gasteiger partial charge in [0.05, 0.1) is 11.1 Å². The van der Waals surface area contributed by atoms with Crippen LogP contribution in [-0.2, 0) is 19.3 Å². The maximum atomic E-state index is 12.4. The Morgan fingerprint density at radius 3 is 1.56 bits per heavy atom. The minimum atomic E-state index is -0.528. The predicted octanol–water partition coefficient (Wildman–Crippen LogP) is 5.71. The molecule has 1 aromatic heterocycles. The first kappa shape index (κ1) is 34.6. The van der Waals surface area contributed by atoms with Crippen LogP contribution in [0.25, 0.3) is 34.2 Å². The molecule has 2 fully saturated rings. The Balaban J connectivity index is 1.18. The van der Waals surface area contributed by atoms with Gasteiger partial charge in [-0.3, -0.25) is 0 Å². The van der Waals surface area contributed by atoms with Gasteiger partial charge < -0.3 is 29.4 Å². The number of phenolic OH excluding ortho intramolecular Hbond substituents is 2. The Morgan fingerprint density at radius 2 is 1.12 bits per heavy atom. The number of hydrogen-bond acceptors (Lipinski definition) is 13. The van der Waals surface area contributed by atoms with E-state index in [2.05, 4.69) is 15.0 Å². The maximum absolute atomic E-state index is 12.4. The van der Waals surface area contributed by atoms with Crippen LogP contribution >= 0.6 is 0 Å². The Kier molecular flexibility index (Phi) is 11.0. The molecule has 0 saturated carbocycles. The molecule has 3 heterocycles. The lowest BCUT2D eigenvalue weighted by Gasteiger charge is -2.31. The largest absolute Gasteiger partial charge is 0.507 e. The molecular formula is C37H41N5O8. The summed E-state index contributed by atoms with van der Waals surface area (Å²) in [5.41, 5.74) is 1.26. The molecule has 2 aliphatic heterocycles. The molecule has 0 radical (unpaired) electrons. The van der Waals surface area contributed by atoms with Crippen molar-refractivity contribution in [1.82, 2.24) is 25.1 Å². The number of rotatable bonds is 11. The second kappa shape index (κ2) is 16.0. The van der Waals surface area contributed by atoms with Gasteiger partial charge >= 0.3 is 11.9 Å². The van der Waals surface area contributed by atoms with Crippen molar-refractivity contribution in [3.63, 3.8) is 0 Å². The molecule has 0 spiro atoms. The Bertz CT molecular complexity index is 1700. The number of piperidine rings is 2. The Labute approximate surface area is 290 Å². The van der Waals surface area contributed by atoms with E-state index >= 15 is 0 Å². The first-order valence-electron chi connectivity index (χ1n) is 16.9. The van der Waals surface area contributed by atoms with E-state index in [0.29, 0.717) is 24.5 Å². The molecule has 2 unspecified atom stereocenters. The number of benzene rings is 3. The van der Waals surface area contributed by atoms with Crippen LogP contribution < -0.4 is 9.47 Å². The number of carbonyl (C=O) groups excluding carboxylic acids is 2. The van der Waals surface area contributed by atoms with Gasteiger partial charge in [-0.2, -0.15) is 0 Å². The zero-order valence-corrected chi connectivity index (χ0v) is 28.2. The molecule has 2 atom stereocenters. The number of hydroxylamine groups is 4. The van der Waals surface area contributed by atoms with Gasteiger partial charge in [-0.05, 0) is 63.8 Å². The van der Waals surface area contributed by atoms with Gasteiger partial charge in [0.2, 0.25) is 0 Å². The normalized spacial score (nSPS) is 18.3. The van der Waals surface area contributed by atoms with E-state index in [1.807, 2.05) is 44.2 Å². The maximum Gasteiger partial charge on any atom is 0.363 e. The van der Waals surface area contributed by atoms with Gasteiger partial charge in [-0.15, -0.1) is 10.1 Å². The third kappa shape index (κ3) is 8.65. The molecule has 2 aliphatic rings. The Hall–Kier alpha value is -5.27. The molecule has 2 N–H and O–H groups in total. The van der Waals surface area contributed by atoms with Crippen molar-refractivity contribution >= 4 is 11.9 Å². The highest BCUT2D eigenvalue weighted by atomic mass is 16.7. The second-order valence-corrected chi connectivity index (χ2v) is 12.5. The Morgan fingerprint density at radius 1 is 0.660 bits per heavy atom. The zero-order chi connectivity index (χ0) is 35.0. The van der Waals surface area contributed by atoms with Gasteiger partial charge in [0.1, 0.15) is 23.0 Å². The van der Waals surface area contributed by atoms with Crippen LogP contribution in [0.2, 0.25) is 0 Å². The molecule has 0 amide bonds. The number of aromatic hydroxyl groups is 2. The highest BCUT2D eigenvalue weighted by Gasteiger charge is 2.24. The molecule has 50 heavy (non-hydrogen) atoms. The summed E-state index contributed by atoms with van der Waals surface area (Å²) >= 11 is 0. The smallest absolute Gasteiger partial charge is 0.363 e. The van der Waals surface area contributed by atoms with Crippen LogP contribution in [0.15, 0.2) is 66.7 Å². The molecule has 4 aromatic rings. The number of carbonyl (C=O) groups is 2. The quantitative estimate of drug-likeness (QED) is 0.198. The second-order valence-electron chi connectivity index (χ2n) is 12.5. The van der Waals surface area contributed by atoms with Gasteiger partial charge in [-0.1, -0.05) is 43.2 Å². The third-order valence-corrected chi connectivity index (χ3v) is 8.72. The van der Waals surface area contributed by atoms with Gasteiger partial charge in [-0.25, -0.2) is 24.5 Å². The standard InChI is InChI=1S/C37H41N5O8/c1-24-10-6-8-18-41(24)49-33(45)22-47-27-14-16-29(31(43)20-27)36-38-35(26-12-4-3-5-13-26)39-37(40-36)30-17-15-28(21-32(30)44)48-23-34(46)50-42-19-9-7-11-25(42)2/h3-5,12-17,20-21,24-25,43-44H,6-11,18-19,22-23H2,1-2H3. The van der Waals surface area contributed by atoms with Crippen LogP contribution in [0.3, 0.4) is 0 Å². The average Bonchev–Trinajstić information content (AvgIpc) is 3.12. The number of aromatic nitrogens is 3. The molecule has 3 aromatic carbocycles. The van der Waals surface area contributed by atoms with E-state index in [1.54, 1.807) is 34.4 Å². The van der Waals surface area contributed by atoms with E-state index in [1.165, 1.54) is 12.1 Å². The van der Waals surface area contributed by atoms with Gasteiger partial charge in [0.15, 0.2) is 30.7 Å². The van der Waals surface area contributed by atoms with Crippen molar-refractivity contribution in [2.45, 2.75) is 64.5 Å². The van der Waals surface area contributed by atoms with Crippen LogP contribution in [0, 0.1) is 0 Å². The fraction of sp³-hybridized carbons (Fsp3) is 0.378. The fourth-order valence-corrected chi connectivity index (χ4v) is 5.93. The van der Waals surface area contributed by atoms with Crippen LogP contribution in [0.5, 0.6) is 23.0 Å². The van der Waals surface area contributed by atoms with Crippen molar-refractivity contribution in [3.05, 3.63) is 66.7 Å². The number of nitrogens with zero attached hydrogens (tertiary/aromatic N) is 5. The number of phenols is 2. The van der Waals surface area contributed by atoms with E-state index in [4.69, 9.17) is 19.1 Å². The highest BCUT2D eigenvalue weighted by molar-refractivity contribution is 5.74. The molecule has 0 bridgehead atoms. The van der Waals surface area contributed by atoms with Crippen LogP contribution in [0.4, 0.5) is 0 Å². The van der Waals surface area contributed by atoms with E-state index in [0.717, 1.165) is 38.5 Å². The monoisotopic (exact) mass is 683 g/mol. The summed E-state index contributed by atoms with van der Waals surface area (Å²) in [4.78, 5) is 49.6. The number of hydrogen-bond donors (Lipinski definition) is 2. The highest BCUT2D eigenvalue weighted by Crippen LogP contribution is 2.35. The van der Waals surface area contributed by atoms with Crippen molar-refractivity contribution < 1.29 is 39.0 Å². The number of ether oxygens (including phenoxy) is 2. The van der Waals surface area contributed by atoms with Gasteiger partial charge in [0.25, 0.3) is 0 Å². The molecule has 2 saturated heterocycles. The summed E-state index contributed by atoms with van der Waals surface area (Å²) in [6, 6.07) is 18.6. The average molecular weight is 684 g/mol. The SMILES string of the molecule is CC1CCCCN1OC(=O)COc1ccc(-c2nc(-c3ccccc3)nc(-c3ccc(OCC(=O)ON4CCCCC4C)cc3O)n2)c(O)c1. The molecule has 6 rings (SSSR count). The van der Waals surface area contributed by atoms with Crippen LogP contribution in [0.1, 0.15) is 52.4 Å². The minimum absolute atomic E-state index is 0.144. The topological polar surface area (TPSA) is 157 Å². The summed E-state index contributed by atoms with van der Waals surface area (Å²) in [5.74, 6) is -0.303. The zero-order valence-electron chi connectivity index (χ0n) is 28.2.